The summed E-state index contributed by atoms with van der Waals surface area (Å²) in [6, 6.07) is 11.4. The molecule has 8 heteroatoms. The summed E-state index contributed by atoms with van der Waals surface area (Å²) in [5.74, 6) is 0.0425. The summed E-state index contributed by atoms with van der Waals surface area (Å²) in [7, 11) is -1.64. The molecule has 1 aliphatic heterocycles. The number of anilines is 1. The molecule has 1 saturated heterocycles. The van der Waals surface area contributed by atoms with Crippen molar-refractivity contribution >= 4 is 21.7 Å². The second kappa shape index (κ2) is 7.53. The van der Waals surface area contributed by atoms with Gasteiger partial charge in [-0.05, 0) is 44.3 Å². The Morgan fingerprint density at radius 3 is 2.46 bits per heavy atom. The molecular formula is C18H22N4O3S. The van der Waals surface area contributed by atoms with Gasteiger partial charge in [0.25, 0.3) is 5.91 Å². The van der Waals surface area contributed by atoms with Gasteiger partial charge in [-0.25, -0.2) is 13.4 Å². The highest BCUT2D eigenvalue weighted by Gasteiger charge is 2.27. The summed E-state index contributed by atoms with van der Waals surface area (Å²) in [6.07, 6.45) is 0. The van der Waals surface area contributed by atoms with Crippen molar-refractivity contribution in [2.45, 2.75) is 11.8 Å². The number of benzene rings is 1. The van der Waals surface area contributed by atoms with E-state index in [0.717, 1.165) is 5.69 Å². The van der Waals surface area contributed by atoms with Crippen molar-refractivity contribution in [3.8, 4) is 0 Å². The van der Waals surface area contributed by atoms with Gasteiger partial charge in [-0.2, -0.15) is 4.31 Å². The molecular weight excluding hydrogens is 352 g/mol. The number of piperazine rings is 1. The third-order valence-corrected chi connectivity index (χ3v) is 6.22. The molecule has 0 atom stereocenters. The van der Waals surface area contributed by atoms with Gasteiger partial charge in [0, 0.05) is 37.4 Å². The summed E-state index contributed by atoms with van der Waals surface area (Å²) in [5, 5.41) is 2.70. The standard InChI is InChI=1S/C18H22N4O3S/c1-14-5-3-8-17(19-14)20-18(23)15-6-4-7-16(13-15)26(24,25)22-11-9-21(2)10-12-22/h3-8,13H,9-12H2,1-2H3,(H,19,20,23). The van der Waals surface area contributed by atoms with Gasteiger partial charge in [-0.1, -0.05) is 12.1 Å². The Kier molecular flexibility index (Phi) is 5.36. The zero-order valence-corrected chi connectivity index (χ0v) is 15.7. The minimum Gasteiger partial charge on any atom is -0.307 e. The molecule has 0 aliphatic carbocycles. The molecule has 2 aromatic rings. The third-order valence-electron chi connectivity index (χ3n) is 4.33. The topological polar surface area (TPSA) is 82.6 Å². The predicted octanol–water partition coefficient (Wildman–Crippen LogP) is 1.58. The molecule has 1 N–H and O–H groups in total. The number of carbonyl (C=O) groups excluding carboxylic acids is 1. The van der Waals surface area contributed by atoms with Crippen LogP contribution in [-0.4, -0.2) is 61.7 Å². The summed E-state index contributed by atoms with van der Waals surface area (Å²) >= 11 is 0. The van der Waals surface area contributed by atoms with Crippen LogP contribution in [0, 0.1) is 6.92 Å². The number of amides is 1. The number of carbonyl (C=O) groups is 1. The Morgan fingerprint density at radius 2 is 1.77 bits per heavy atom. The van der Waals surface area contributed by atoms with E-state index in [1.807, 2.05) is 20.0 Å². The average molecular weight is 374 g/mol. The fourth-order valence-electron chi connectivity index (χ4n) is 2.78. The summed E-state index contributed by atoms with van der Waals surface area (Å²) in [6.45, 7) is 4.11. The smallest absolute Gasteiger partial charge is 0.256 e. The monoisotopic (exact) mass is 374 g/mol. The van der Waals surface area contributed by atoms with Crippen LogP contribution in [0.3, 0.4) is 0 Å². The lowest BCUT2D eigenvalue weighted by Gasteiger charge is -2.31. The van der Waals surface area contributed by atoms with Gasteiger partial charge < -0.3 is 10.2 Å². The average Bonchev–Trinajstić information content (AvgIpc) is 2.62. The summed E-state index contributed by atoms with van der Waals surface area (Å²) in [5.41, 5.74) is 1.07. The first kappa shape index (κ1) is 18.5. The SMILES string of the molecule is Cc1cccc(NC(=O)c2cccc(S(=O)(=O)N3CCN(C)CC3)c2)n1. The van der Waals surface area contributed by atoms with E-state index in [1.165, 1.54) is 16.4 Å². The molecule has 0 spiro atoms. The third kappa shape index (κ3) is 4.09. The zero-order chi connectivity index (χ0) is 18.7. The number of pyridine rings is 1. The van der Waals surface area contributed by atoms with E-state index in [1.54, 1.807) is 24.3 Å². The Balaban J connectivity index is 1.80. The summed E-state index contributed by atoms with van der Waals surface area (Å²) < 4.78 is 27.1. The van der Waals surface area contributed by atoms with Crippen LogP contribution in [0.15, 0.2) is 47.4 Å². The lowest BCUT2D eigenvalue weighted by atomic mass is 10.2. The van der Waals surface area contributed by atoms with Crippen LogP contribution < -0.4 is 5.32 Å². The van der Waals surface area contributed by atoms with Gasteiger partial charge in [-0.15, -0.1) is 0 Å². The van der Waals surface area contributed by atoms with Crippen LogP contribution in [0.25, 0.3) is 0 Å². The maximum Gasteiger partial charge on any atom is 0.256 e. The van der Waals surface area contributed by atoms with E-state index >= 15 is 0 Å². The fourth-order valence-corrected chi connectivity index (χ4v) is 4.25. The Bertz CT molecular complexity index is 906. The molecule has 1 amide bonds. The molecule has 1 fully saturated rings. The molecule has 0 saturated carbocycles. The van der Waals surface area contributed by atoms with Gasteiger partial charge in [0.2, 0.25) is 10.0 Å². The van der Waals surface area contributed by atoms with Crippen molar-refractivity contribution in [3.05, 3.63) is 53.7 Å². The van der Waals surface area contributed by atoms with Crippen LogP contribution in [0.1, 0.15) is 16.1 Å². The van der Waals surface area contributed by atoms with E-state index in [2.05, 4.69) is 15.2 Å². The number of hydrogen-bond donors (Lipinski definition) is 1. The quantitative estimate of drug-likeness (QED) is 0.879. The van der Waals surface area contributed by atoms with Crippen LogP contribution >= 0.6 is 0 Å². The number of nitrogens with one attached hydrogen (secondary N) is 1. The van der Waals surface area contributed by atoms with Crippen LogP contribution in [-0.2, 0) is 10.0 Å². The fraction of sp³-hybridized carbons (Fsp3) is 0.333. The van der Waals surface area contributed by atoms with Crippen molar-refractivity contribution in [3.63, 3.8) is 0 Å². The first-order chi connectivity index (χ1) is 12.4. The van der Waals surface area contributed by atoms with Crippen molar-refractivity contribution in [1.82, 2.24) is 14.2 Å². The van der Waals surface area contributed by atoms with Crippen molar-refractivity contribution < 1.29 is 13.2 Å². The van der Waals surface area contributed by atoms with E-state index < -0.39 is 15.9 Å². The minimum absolute atomic E-state index is 0.131. The van der Waals surface area contributed by atoms with Crippen molar-refractivity contribution in [2.75, 3.05) is 38.5 Å². The van der Waals surface area contributed by atoms with Crippen molar-refractivity contribution in [1.29, 1.82) is 0 Å². The Hall–Kier alpha value is -2.29. The second-order valence-electron chi connectivity index (χ2n) is 6.35. The number of aromatic nitrogens is 1. The number of rotatable bonds is 4. The van der Waals surface area contributed by atoms with Gasteiger partial charge in [0.1, 0.15) is 5.82 Å². The molecule has 3 rings (SSSR count). The maximum atomic E-state index is 12.8. The van der Waals surface area contributed by atoms with Gasteiger partial charge >= 0.3 is 0 Å². The molecule has 0 unspecified atom stereocenters. The normalized spacial score (nSPS) is 16.4. The Morgan fingerprint density at radius 1 is 1.08 bits per heavy atom. The van der Waals surface area contributed by atoms with E-state index in [4.69, 9.17) is 0 Å². The van der Waals surface area contributed by atoms with Gasteiger partial charge in [0.05, 0.1) is 4.90 Å². The first-order valence-corrected chi connectivity index (χ1v) is 9.84. The highest BCUT2D eigenvalue weighted by atomic mass is 32.2. The maximum absolute atomic E-state index is 12.8. The molecule has 0 radical (unpaired) electrons. The predicted molar refractivity (Wildman–Crippen MR) is 99.6 cm³/mol. The second-order valence-corrected chi connectivity index (χ2v) is 8.29. The van der Waals surface area contributed by atoms with E-state index in [0.29, 0.717) is 32.0 Å². The van der Waals surface area contributed by atoms with E-state index in [-0.39, 0.29) is 10.5 Å². The molecule has 1 aromatic carbocycles. The van der Waals surface area contributed by atoms with Crippen LogP contribution in [0.5, 0.6) is 0 Å². The molecule has 138 valence electrons. The number of sulfonamides is 1. The van der Waals surface area contributed by atoms with Crippen LogP contribution in [0.2, 0.25) is 0 Å². The lowest BCUT2D eigenvalue weighted by molar-refractivity contribution is 0.102. The first-order valence-electron chi connectivity index (χ1n) is 8.40. The van der Waals surface area contributed by atoms with Gasteiger partial charge in [-0.3, -0.25) is 4.79 Å². The molecule has 26 heavy (non-hydrogen) atoms. The molecule has 2 heterocycles. The number of nitrogens with zero attached hydrogens (tertiary/aromatic N) is 3. The molecule has 7 nitrogen and oxygen atoms in total. The summed E-state index contributed by atoms with van der Waals surface area (Å²) in [4.78, 5) is 18.9. The largest absolute Gasteiger partial charge is 0.307 e. The van der Waals surface area contributed by atoms with E-state index in [9.17, 15) is 13.2 Å². The molecule has 1 aromatic heterocycles. The highest BCUT2D eigenvalue weighted by Crippen LogP contribution is 2.19. The molecule has 1 aliphatic rings. The lowest BCUT2D eigenvalue weighted by Crippen LogP contribution is -2.47. The zero-order valence-electron chi connectivity index (χ0n) is 14.8. The molecule has 0 bridgehead atoms. The number of aryl methyl sites for hydroxylation is 1. The highest BCUT2D eigenvalue weighted by molar-refractivity contribution is 7.89. The number of hydrogen-bond acceptors (Lipinski definition) is 5. The van der Waals surface area contributed by atoms with Crippen LogP contribution in [0.4, 0.5) is 5.82 Å². The Labute approximate surface area is 153 Å². The number of likely N-dealkylation sites (N-methyl/N-ethyl adjacent to an activating group) is 1. The van der Waals surface area contributed by atoms with Gasteiger partial charge in [0.15, 0.2) is 0 Å². The van der Waals surface area contributed by atoms with Crippen molar-refractivity contribution in [2.24, 2.45) is 0 Å². The minimum atomic E-state index is -3.61.